The highest BCUT2D eigenvalue weighted by molar-refractivity contribution is 5.56. The summed E-state index contributed by atoms with van der Waals surface area (Å²) < 4.78 is 5.51. The Morgan fingerprint density at radius 1 is 1.75 bits per heavy atom. The lowest BCUT2D eigenvalue weighted by molar-refractivity contribution is -0.385. The van der Waals surface area contributed by atoms with Crippen LogP contribution in [0.15, 0.2) is 12.3 Å². The molecule has 1 aliphatic carbocycles. The van der Waals surface area contributed by atoms with Crippen molar-refractivity contribution in [2.45, 2.75) is 31.5 Å². The average molecular weight is 277 g/mol. The van der Waals surface area contributed by atoms with Crippen LogP contribution in [0.5, 0.6) is 0 Å². The van der Waals surface area contributed by atoms with Crippen molar-refractivity contribution in [3.8, 4) is 6.07 Å². The summed E-state index contributed by atoms with van der Waals surface area (Å²) in [5.74, 6) is 0.294. The van der Waals surface area contributed by atoms with Crippen molar-refractivity contribution in [1.82, 2.24) is 4.98 Å². The number of ether oxygens (including phenoxy) is 1. The van der Waals surface area contributed by atoms with E-state index in [1.54, 1.807) is 0 Å². The molecule has 1 aromatic heterocycles. The first kappa shape index (κ1) is 14.2. The van der Waals surface area contributed by atoms with E-state index in [1.165, 1.54) is 6.07 Å². The van der Waals surface area contributed by atoms with E-state index in [0.717, 1.165) is 12.6 Å². The number of aromatic nitrogens is 1. The number of nitrogens with zero attached hydrogens (tertiary/aromatic N) is 3. The largest absolute Gasteiger partial charge is 0.376 e. The summed E-state index contributed by atoms with van der Waals surface area (Å²) in [7, 11) is 0. The van der Waals surface area contributed by atoms with Crippen molar-refractivity contribution in [3.63, 3.8) is 0 Å². The Hall–Kier alpha value is -2.24. The summed E-state index contributed by atoms with van der Waals surface area (Å²) >= 11 is 0. The smallest absolute Gasteiger partial charge is 0.289 e. The molecule has 0 bridgehead atoms. The van der Waals surface area contributed by atoms with Gasteiger partial charge in [-0.25, -0.2) is 4.98 Å². The third-order valence-corrected chi connectivity index (χ3v) is 3.25. The Labute approximate surface area is 115 Å². The fourth-order valence-electron chi connectivity index (χ4n) is 2.14. The quantitative estimate of drug-likeness (QED) is 0.601. The highest BCUT2D eigenvalue weighted by Crippen LogP contribution is 2.27. The van der Waals surface area contributed by atoms with Crippen LogP contribution in [-0.2, 0) is 4.74 Å². The van der Waals surface area contributed by atoms with Crippen LogP contribution < -0.4 is 11.1 Å². The highest BCUT2D eigenvalue weighted by atomic mass is 16.6. The number of nitrogens with one attached hydrogen (secondary N) is 1. The zero-order chi connectivity index (χ0) is 14.7. The van der Waals surface area contributed by atoms with E-state index in [9.17, 15) is 10.1 Å². The van der Waals surface area contributed by atoms with Crippen LogP contribution in [0.1, 0.15) is 18.9 Å². The van der Waals surface area contributed by atoms with Crippen LogP contribution in [0.3, 0.4) is 0 Å². The Morgan fingerprint density at radius 2 is 2.50 bits per heavy atom. The zero-order valence-corrected chi connectivity index (χ0v) is 10.9. The number of anilines is 1. The maximum absolute atomic E-state index is 10.7. The fourth-order valence-corrected chi connectivity index (χ4v) is 2.14. The summed E-state index contributed by atoms with van der Waals surface area (Å²) in [6, 6.07) is 2.85. The Morgan fingerprint density at radius 3 is 3.05 bits per heavy atom. The van der Waals surface area contributed by atoms with Crippen LogP contribution in [0.25, 0.3) is 0 Å². The molecule has 3 atom stereocenters. The third-order valence-electron chi connectivity index (χ3n) is 3.25. The van der Waals surface area contributed by atoms with Gasteiger partial charge in [-0.1, -0.05) is 0 Å². The van der Waals surface area contributed by atoms with E-state index >= 15 is 0 Å². The zero-order valence-electron chi connectivity index (χ0n) is 10.9. The van der Waals surface area contributed by atoms with E-state index in [2.05, 4.69) is 10.3 Å². The molecular weight excluding hydrogens is 262 g/mol. The first-order chi connectivity index (χ1) is 9.56. The second kappa shape index (κ2) is 5.81. The maximum Gasteiger partial charge on any atom is 0.289 e. The fraction of sp³-hybridized carbons (Fsp3) is 0.500. The lowest BCUT2D eigenvalue weighted by Gasteiger charge is -2.42. The molecule has 1 saturated carbocycles. The number of nitriles is 1. The first-order valence-corrected chi connectivity index (χ1v) is 6.25. The molecule has 3 N–H and O–H groups in total. The Balaban J connectivity index is 2.17. The van der Waals surface area contributed by atoms with E-state index in [-0.39, 0.29) is 29.4 Å². The molecule has 1 aliphatic rings. The van der Waals surface area contributed by atoms with E-state index in [4.69, 9.17) is 15.7 Å². The summed E-state index contributed by atoms with van der Waals surface area (Å²) in [5.41, 5.74) is 5.80. The first-order valence-electron chi connectivity index (χ1n) is 6.25. The molecule has 1 fully saturated rings. The molecule has 0 saturated heterocycles. The normalized spacial score (nSPS) is 24.6. The van der Waals surface area contributed by atoms with Gasteiger partial charge in [0.1, 0.15) is 23.6 Å². The van der Waals surface area contributed by atoms with Gasteiger partial charge in [0.2, 0.25) is 0 Å². The van der Waals surface area contributed by atoms with E-state index in [0.29, 0.717) is 12.4 Å². The maximum atomic E-state index is 10.7. The minimum atomic E-state index is -0.588. The van der Waals surface area contributed by atoms with Gasteiger partial charge >= 0.3 is 0 Å². The van der Waals surface area contributed by atoms with Gasteiger partial charge in [-0.2, -0.15) is 5.26 Å². The lowest BCUT2D eigenvalue weighted by Crippen LogP contribution is -2.60. The number of nitro groups is 1. The Bertz CT molecular complexity index is 555. The SMILES string of the molecule is CCOC1CC(N)C1Nc1ncc([N+](=O)[O-])cc1C#N. The van der Waals surface area contributed by atoms with Crippen LogP contribution >= 0.6 is 0 Å². The van der Waals surface area contributed by atoms with Crippen LogP contribution in [0, 0.1) is 21.4 Å². The molecule has 8 nitrogen and oxygen atoms in total. The van der Waals surface area contributed by atoms with Crippen molar-refractivity contribution in [2.75, 3.05) is 11.9 Å². The predicted octanol–water partition coefficient (Wildman–Crippen LogP) is 0.778. The third kappa shape index (κ3) is 2.68. The number of rotatable bonds is 5. The molecule has 106 valence electrons. The molecule has 0 aliphatic heterocycles. The number of pyridine rings is 1. The lowest BCUT2D eigenvalue weighted by atomic mass is 9.83. The number of nitrogens with two attached hydrogens (primary N) is 1. The second-order valence-electron chi connectivity index (χ2n) is 4.52. The molecule has 1 heterocycles. The summed E-state index contributed by atoms with van der Waals surface area (Å²) in [6.45, 7) is 2.47. The van der Waals surface area contributed by atoms with Crippen LogP contribution in [0.2, 0.25) is 0 Å². The van der Waals surface area contributed by atoms with Crippen molar-refractivity contribution in [2.24, 2.45) is 5.73 Å². The van der Waals surface area contributed by atoms with E-state index < -0.39 is 4.92 Å². The van der Waals surface area contributed by atoms with E-state index in [1.807, 2.05) is 13.0 Å². The molecule has 2 rings (SSSR count). The molecule has 8 heteroatoms. The van der Waals surface area contributed by atoms with Gasteiger partial charge in [0.25, 0.3) is 5.69 Å². The Kier molecular flexibility index (Phi) is 4.12. The minimum absolute atomic E-state index is 0.0291. The number of hydrogen-bond donors (Lipinski definition) is 2. The number of hydrogen-bond acceptors (Lipinski definition) is 7. The molecule has 0 aromatic carbocycles. The molecular formula is C12H15N5O3. The van der Waals surface area contributed by atoms with Crippen molar-refractivity contribution < 1.29 is 9.66 Å². The van der Waals surface area contributed by atoms with Crippen molar-refractivity contribution >= 4 is 11.5 Å². The van der Waals surface area contributed by atoms with Gasteiger partial charge in [-0.3, -0.25) is 10.1 Å². The summed E-state index contributed by atoms with van der Waals surface area (Å²) in [5, 5.41) is 22.7. The second-order valence-corrected chi connectivity index (χ2v) is 4.52. The molecule has 0 radical (unpaired) electrons. The summed E-state index contributed by atoms with van der Waals surface area (Å²) in [4.78, 5) is 14.0. The minimum Gasteiger partial charge on any atom is -0.376 e. The van der Waals surface area contributed by atoms with Crippen molar-refractivity contribution in [3.05, 3.63) is 27.9 Å². The average Bonchev–Trinajstić information content (AvgIpc) is 2.44. The standard InChI is InChI=1S/C12H15N5O3/c1-2-20-10-4-9(14)11(10)16-12-7(5-13)3-8(6-15-12)17(18)19/h3,6,9-11H,2,4,14H2,1H3,(H,15,16). The van der Waals surface area contributed by atoms with Crippen LogP contribution in [-0.4, -0.2) is 34.7 Å². The van der Waals surface area contributed by atoms with Gasteiger partial charge in [-0.15, -0.1) is 0 Å². The molecule has 0 spiro atoms. The van der Waals surface area contributed by atoms with Crippen LogP contribution in [0.4, 0.5) is 11.5 Å². The van der Waals surface area contributed by atoms with Gasteiger partial charge in [-0.05, 0) is 13.3 Å². The highest BCUT2D eigenvalue weighted by Gasteiger charge is 2.40. The molecule has 1 aromatic rings. The molecule has 3 unspecified atom stereocenters. The van der Waals surface area contributed by atoms with Gasteiger partial charge in [0, 0.05) is 18.7 Å². The van der Waals surface area contributed by atoms with Gasteiger partial charge < -0.3 is 15.8 Å². The topological polar surface area (TPSA) is 127 Å². The van der Waals surface area contributed by atoms with Crippen molar-refractivity contribution in [1.29, 1.82) is 5.26 Å². The summed E-state index contributed by atoms with van der Waals surface area (Å²) in [6.07, 6.45) is 1.82. The van der Waals surface area contributed by atoms with Gasteiger partial charge in [0.15, 0.2) is 0 Å². The molecule has 20 heavy (non-hydrogen) atoms. The predicted molar refractivity (Wildman–Crippen MR) is 71.0 cm³/mol. The molecule has 0 amide bonds. The van der Waals surface area contributed by atoms with Gasteiger partial charge in [0.05, 0.1) is 17.1 Å². The monoisotopic (exact) mass is 277 g/mol.